The molecule has 5 heteroatoms. The van der Waals surface area contributed by atoms with E-state index >= 15 is 0 Å². The van der Waals surface area contributed by atoms with Gasteiger partial charge in [0.25, 0.3) is 0 Å². The van der Waals surface area contributed by atoms with E-state index in [2.05, 4.69) is 40.6 Å². The Balaban J connectivity index is 3.30. The van der Waals surface area contributed by atoms with Crippen molar-refractivity contribution >= 4 is 20.0 Å². The molecule has 0 bridgehead atoms. The van der Waals surface area contributed by atoms with Crippen molar-refractivity contribution in [1.82, 2.24) is 0 Å². The highest BCUT2D eigenvalue weighted by Crippen LogP contribution is 2.14. The molecule has 4 nitrogen and oxygen atoms in total. The molecule has 1 aromatic carbocycles. The lowest BCUT2D eigenvalue weighted by molar-refractivity contribution is 0.0555. The molecule has 0 spiro atoms. The highest BCUT2D eigenvalue weighted by molar-refractivity contribution is 6.83. The Kier molecular flexibility index (Phi) is 5.11. The Bertz CT molecular complexity index is 588. The maximum absolute atomic E-state index is 11.7. The largest absolute Gasteiger partial charge is 0.465 e. The Hall–Kier alpha value is -2.06. The van der Waals surface area contributed by atoms with E-state index in [-0.39, 0.29) is 11.1 Å². The summed E-state index contributed by atoms with van der Waals surface area (Å²) in [6, 6.07) is 4.80. The fourth-order valence-electron chi connectivity index (χ4n) is 1.45. The molecule has 0 radical (unpaired) electrons. The third-order valence-corrected chi connectivity index (χ3v) is 3.29. The van der Waals surface area contributed by atoms with Gasteiger partial charge < -0.3 is 9.47 Å². The zero-order valence-corrected chi connectivity index (χ0v) is 13.4. The monoisotopic (exact) mass is 290 g/mol. The van der Waals surface area contributed by atoms with Crippen molar-refractivity contribution in [1.29, 1.82) is 0 Å². The lowest BCUT2D eigenvalue weighted by atomic mass is 10.0. The summed E-state index contributed by atoms with van der Waals surface area (Å²) in [7, 11) is 1.03. The van der Waals surface area contributed by atoms with Gasteiger partial charge in [-0.15, -0.1) is 5.54 Å². The van der Waals surface area contributed by atoms with E-state index in [0.29, 0.717) is 5.56 Å². The van der Waals surface area contributed by atoms with Crippen LogP contribution in [-0.2, 0) is 9.47 Å². The summed E-state index contributed by atoms with van der Waals surface area (Å²) in [5.74, 6) is 1.88. The summed E-state index contributed by atoms with van der Waals surface area (Å²) in [6.07, 6.45) is 0. The van der Waals surface area contributed by atoms with Gasteiger partial charge in [-0.05, 0) is 18.2 Å². The third-order valence-electron chi connectivity index (χ3n) is 2.41. The minimum atomic E-state index is -1.50. The molecule has 0 saturated heterocycles. The van der Waals surface area contributed by atoms with E-state index in [1.54, 1.807) is 12.1 Å². The zero-order valence-electron chi connectivity index (χ0n) is 12.4. The van der Waals surface area contributed by atoms with Crippen molar-refractivity contribution in [2.75, 3.05) is 14.2 Å². The van der Waals surface area contributed by atoms with E-state index < -0.39 is 20.0 Å². The summed E-state index contributed by atoms with van der Waals surface area (Å²) < 4.78 is 9.34. The number of esters is 2. The van der Waals surface area contributed by atoms with Gasteiger partial charge in [-0.1, -0.05) is 25.6 Å². The molecular weight excluding hydrogens is 272 g/mol. The summed E-state index contributed by atoms with van der Waals surface area (Å²) in [6.45, 7) is 6.39. The fraction of sp³-hybridized carbons (Fsp3) is 0.333. The first-order chi connectivity index (χ1) is 9.28. The standard InChI is InChI=1S/C15H18O4Si/c1-18-14(16)12-7-6-11(8-9-20(3,4)5)10-13(12)15(17)19-2/h6-7,10H,1-5H3. The molecule has 0 aliphatic rings. The number of carbonyl (C=O) groups is 2. The van der Waals surface area contributed by atoms with Crippen molar-refractivity contribution in [3.8, 4) is 11.5 Å². The van der Waals surface area contributed by atoms with E-state index in [0.717, 1.165) is 0 Å². The number of ether oxygens (including phenoxy) is 2. The third kappa shape index (κ3) is 4.25. The van der Waals surface area contributed by atoms with Gasteiger partial charge in [0, 0.05) is 5.56 Å². The van der Waals surface area contributed by atoms with Gasteiger partial charge in [0.2, 0.25) is 0 Å². The van der Waals surface area contributed by atoms with Gasteiger partial charge in [0.1, 0.15) is 8.07 Å². The van der Waals surface area contributed by atoms with Crippen LogP contribution in [-0.4, -0.2) is 34.2 Å². The molecule has 20 heavy (non-hydrogen) atoms. The second kappa shape index (κ2) is 6.39. The van der Waals surface area contributed by atoms with Gasteiger partial charge in [-0.3, -0.25) is 0 Å². The normalized spacial score (nSPS) is 10.2. The lowest BCUT2D eigenvalue weighted by Gasteiger charge is -2.07. The summed E-state index contributed by atoms with van der Waals surface area (Å²) >= 11 is 0. The molecule has 1 aromatic rings. The number of carbonyl (C=O) groups excluding carboxylic acids is 2. The Labute approximate surface area is 120 Å². The van der Waals surface area contributed by atoms with E-state index in [1.165, 1.54) is 20.3 Å². The average Bonchev–Trinajstić information content (AvgIpc) is 2.42. The second-order valence-electron chi connectivity index (χ2n) is 5.24. The van der Waals surface area contributed by atoms with Crippen LogP contribution in [0.3, 0.4) is 0 Å². The van der Waals surface area contributed by atoms with Crippen LogP contribution in [0.2, 0.25) is 19.6 Å². The Morgan fingerprint density at radius 1 is 1.00 bits per heavy atom. The topological polar surface area (TPSA) is 52.6 Å². The predicted molar refractivity (Wildman–Crippen MR) is 79.3 cm³/mol. The zero-order chi connectivity index (χ0) is 15.3. The summed E-state index contributed by atoms with van der Waals surface area (Å²) in [4.78, 5) is 23.4. The fourth-order valence-corrected chi connectivity index (χ4v) is 1.97. The average molecular weight is 290 g/mol. The molecular formula is C15H18O4Si. The number of hydrogen-bond acceptors (Lipinski definition) is 4. The molecule has 0 fully saturated rings. The molecule has 0 saturated carbocycles. The Morgan fingerprint density at radius 2 is 1.55 bits per heavy atom. The summed E-state index contributed by atoms with van der Waals surface area (Å²) in [5.41, 5.74) is 4.23. The molecule has 0 aliphatic heterocycles. The number of methoxy groups -OCH3 is 2. The molecule has 1 rings (SSSR count). The maximum atomic E-state index is 11.7. The highest BCUT2D eigenvalue weighted by atomic mass is 28.3. The number of benzene rings is 1. The molecule has 0 N–H and O–H groups in total. The number of rotatable bonds is 2. The van der Waals surface area contributed by atoms with E-state index in [1.807, 2.05) is 0 Å². The van der Waals surface area contributed by atoms with E-state index in [4.69, 9.17) is 0 Å². The first-order valence-electron chi connectivity index (χ1n) is 6.12. The minimum Gasteiger partial charge on any atom is -0.465 e. The van der Waals surface area contributed by atoms with Gasteiger partial charge >= 0.3 is 11.9 Å². The van der Waals surface area contributed by atoms with Crippen LogP contribution in [0.1, 0.15) is 26.3 Å². The lowest BCUT2D eigenvalue weighted by Crippen LogP contribution is -2.16. The summed E-state index contributed by atoms with van der Waals surface area (Å²) in [5, 5.41) is 0. The van der Waals surface area contributed by atoms with Crippen molar-refractivity contribution in [3.63, 3.8) is 0 Å². The first-order valence-corrected chi connectivity index (χ1v) is 9.62. The van der Waals surface area contributed by atoms with Gasteiger partial charge in [0.05, 0.1) is 25.3 Å². The quantitative estimate of drug-likeness (QED) is 0.477. The molecule has 106 valence electrons. The Morgan fingerprint density at radius 3 is 2.05 bits per heavy atom. The van der Waals surface area contributed by atoms with E-state index in [9.17, 15) is 9.59 Å². The van der Waals surface area contributed by atoms with Gasteiger partial charge in [-0.2, -0.15) is 0 Å². The predicted octanol–water partition coefficient (Wildman–Crippen LogP) is 2.49. The molecule has 0 aromatic heterocycles. The van der Waals surface area contributed by atoms with Crippen LogP contribution in [0.25, 0.3) is 0 Å². The molecule has 0 heterocycles. The van der Waals surface area contributed by atoms with Crippen molar-refractivity contribution in [3.05, 3.63) is 34.9 Å². The minimum absolute atomic E-state index is 0.168. The van der Waals surface area contributed by atoms with Gasteiger partial charge in [-0.25, -0.2) is 9.59 Å². The number of hydrogen-bond donors (Lipinski definition) is 0. The van der Waals surface area contributed by atoms with Crippen LogP contribution in [0.5, 0.6) is 0 Å². The van der Waals surface area contributed by atoms with Crippen LogP contribution >= 0.6 is 0 Å². The van der Waals surface area contributed by atoms with Crippen molar-refractivity contribution in [2.45, 2.75) is 19.6 Å². The van der Waals surface area contributed by atoms with Crippen molar-refractivity contribution in [2.24, 2.45) is 0 Å². The SMILES string of the molecule is COC(=O)c1ccc(C#C[Si](C)(C)C)cc1C(=O)OC. The van der Waals surface area contributed by atoms with Crippen LogP contribution in [0.4, 0.5) is 0 Å². The highest BCUT2D eigenvalue weighted by Gasteiger charge is 2.18. The van der Waals surface area contributed by atoms with Gasteiger partial charge in [0.15, 0.2) is 0 Å². The molecule has 0 atom stereocenters. The molecule has 0 amide bonds. The first kappa shape index (κ1) is 16.0. The maximum Gasteiger partial charge on any atom is 0.338 e. The van der Waals surface area contributed by atoms with Crippen molar-refractivity contribution < 1.29 is 19.1 Å². The smallest absolute Gasteiger partial charge is 0.338 e. The van der Waals surface area contributed by atoms with Crippen LogP contribution in [0, 0.1) is 11.5 Å². The second-order valence-corrected chi connectivity index (χ2v) is 9.99. The van der Waals surface area contributed by atoms with Crippen LogP contribution < -0.4 is 0 Å². The molecule has 0 aliphatic carbocycles. The van der Waals surface area contributed by atoms with Crippen LogP contribution in [0.15, 0.2) is 18.2 Å². The molecule has 0 unspecified atom stereocenters.